The largest absolute Gasteiger partial charge is 0.310 e. The molecule has 112 valence electrons. The van der Waals surface area contributed by atoms with Gasteiger partial charge in [0.25, 0.3) is 0 Å². The zero-order chi connectivity index (χ0) is 14.7. The fourth-order valence-corrected chi connectivity index (χ4v) is 3.78. The van der Waals surface area contributed by atoms with E-state index in [4.69, 9.17) is 0 Å². The Labute approximate surface area is 125 Å². The first kappa shape index (κ1) is 15.6. The lowest BCUT2D eigenvalue weighted by Crippen LogP contribution is -2.31. The van der Waals surface area contributed by atoms with Crippen LogP contribution in [0.2, 0.25) is 0 Å². The Bertz CT molecular complexity index is 449. The minimum Gasteiger partial charge on any atom is -0.310 e. The van der Waals surface area contributed by atoms with Gasteiger partial charge in [-0.05, 0) is 74.2 Å². The maximum atomic E-state index is 3.85. The monoisotopic (exact) mass is 273 g/mol. The summed E-state index contributed by atoms with van der Waals surface area (Å²) in [7, 11) is 0. The number of benzene rings is 1. The van der Waals surface area contributed by atoms with E-state index in [1.165, 1.54) is 42.4 Å². The maximum Gasteiger partial charge on any atom is 0.0353 e. The summed E-state index contributed by atoms with van der Waals surface area (Å²) in [6.45, 7) is 12.6. The van der Waals surface area contributed by atoms with E-state index in [1.54, 1.807) is 5.56 Å². The number of hydrogen-bond donors (Lipinski definition) is 1. The summed E-state index contributed by atoms with van der Waals surface area (Å²) < 4.78 is 0. The first-order chi connectivity index (χ1) is 9.54. The SMILES string of the molecule is CCCNC(c1cc(C)c(C)cc1C)C1CCCC1C. The van der Waals surface area contributed by atoms with Crippen LogP contribution in [0.4, 0.5) is 0 Å². The summed E-state index contributed by atoms with van der Waals surface area (Å²) in [5, 5.41) is 3.85. The summed E-state index contributed by atoms with van der Waals surface area (Å²) >= 11 is 0. The van der Waals surface area contributed by atoms with Crippen molar-refractivity contribution in [3.05, 3.63) is 34.4 Å². The molecule has 3 unspecified atom stereocenters. The van der Waals surface area contributed by atoms with Crippen molar-refractivity contribution in [3.8, 4) is 0 Å². The molecule has 0 saturated heterocycles. The van der Waals surface area contributed by atoms with Crippen LogP contribution in [0.1, 0.15) is 67.8 Å². The van der Waals surface area contributed by atoms with E-state index in [-0.39, 0.29) is 0 Å². The second-order valence-electron chi connectivity index (χ2n) is 6.80. The molecular weight excluding hydrogens is 242 g/mol. The summed E-state index contributed by atoms with van der Waals surface area (Å²) in [6.07, 6.45) is 5.40. The van der Waals surface area contributed by atoms with Gasteiger partial charge in [0.2, 0.25) is 0 Å². The van der Waals surface area contributed by atoms with Crippen molar-refractivity contribution >= 4 is 0 Å². The first-order valence-electron chi connectivity index (χ1n) is 8.35. The lowest BCUT2D eigenvalue weighted by atomic mass is 9.83. The normalized spacial score (nSPS) is 24.1. The van der Waals surface area contributed by atoms with Crippen LogP contribution >= 0.6 is 0 Å². The summed E-state index contributed by atoms with van der Waals surface area (Å²) in [4.78, 5) is 0. The van der Waals surface area contributed by atoms with Gasteiger partial charge in [0.1, 0.15) is 0 Å². The van der Waals surface area contributed by atoms with Crippen molar-refractivity contribution in [2.45, 2.75) is 66.3 Å². The lowest BCUT2D eigenvalue weighted by Gasteiger charge is -2.30. The standard InChI is InChI=1S/C19H31N/c1-6-10-20-19(17-9-7-8-13(17)2)18-12-15(4)14(3)11-16(18)5/h11-13,17,19-20H,6-10H2,1-5H3. The Kier molecular flexibility index (Phi) is 5.26. The third-order valence-corrected chi connectivity index (χ3v) is 5.19. The molecule has 0 aromatic heterocycles. The van der Waals surface area contributed by atoms with Crippen LogP contribution in [-0.4, -0.2) is 6.54 Å². The van der Waals surface area contributed by atoms with Crippen LogP contribution in [0.25, 0.3) is 0 Å². The molecule has 1 saturated carbocycles. The number of hydrogen-bond acceptors (Lipinski definition) is 1. The molecule has 3 atom stereocenters. The van der Waals surface area contributed by atoms with Gasteiger partial charge < -0.3 is 5.32 Å². The summed E-state index contributed by atoms with van der Waals surface area (Å²) in [5.41, 5.74) is 5.85. The Hall–Kier alpha value is -0.820. The van der Waals surface area contributed by atoms with Gasteiger partial charge in [-0.2, -0.15) is 0 Å². The minimum atomic E-state index is 0.548. The van der Waals surface area contributed by atoms with Crippen molar-refractivity contribution in [2.24, 2.45) is 11.8 Å². The molecule has 0 amide bonds. The topological polar surface area (TPSA) is 12.0 Å². The summed E-state index contributed by atoms with van der Waals surface area (Å²) in [6, 6.07) is 5.35. The third kappa shape index (κ3) is 3.25. The minimum absolute atomic E-state index is 0.548. The van der Waals surface area contributed by atoms with Gasteiger partial charge in [-0.3, -0.25) is 0 Å². The fraction of sp³-hybridized carbons (Fsp3) is 0.684. The van der Waals surface area contributed by atoms with Gasteiger partial charge in [-0.15, -0.1) is 0 Å². The second kappa shape index (κ2) is 6.76. The molecule has 20 heavy (non-hydrogen) atoms. The van der Waals surface area contributed by atoms with Crippen molar-refractivity contribution in [2.75, 3.05) is 6.54 Å². The van der Waals surface area contributed by atoms with E-state index in [0.29, 0.717) is 6.04 Å². The van der Waals surface area contributed by atoms with E-state index in [1.807, 2.05) is 0 Å². The average molecular weight is 273 g/mol. The molecule has 0 spiro atoms. The molecule has 1 heteroatoms. The molecule has 1 nitrogen and oxygen atoms in total. The van der Waals surface area contributed by atoms with Crippen LogP contribution in [0.5, 0.6) is 0 Å². The van der Waals surface area contributed by atoms with Gasteiger partial charge in [0.05, 0.1) is 0 Å². The van der Waals surface area contributed by atoms with Crippen LogP contribution in [0, 0.1) is 32.6 Å². The van der Waals surface area contributed by atoms with Crippen LogP contribution in [0.3, 0.4) is 0 Å². The van der Waals surface area contributed by atoms with E-state index >= 15 is 0 Å². The molecule has 1 N–H and O–H groups in total. The van der Waals surface area contributed by atoms with E-state index < -0.39 is 0 Å². The fourth-order valence-electron chi connectivity index (χ4n) is 3.78. The van der Waals surface area contributed by atoms with E-state index in [0.717, 1.165) is 18.4 Å². The first-order valence-corrected chi connectivity index (χ1v) is 8.35. The molecule has 0 aliphatic heterocycles. The van der Waals surface area contributed by atoms with Gasteiger partial charge in [0.15, 0.2) is 0 Å². The van der Waals surface area contributed by atoms with Crippen molar-refractivity contribution < 1.29 is 0 Å². The molecule has 0 bridgehead atoms. The summed E-state index contributed by atoms with van der Waals surface area (Å²) in [5.74, 6) is 1.66. The van der Waals surface area contributed by atoms with Crippen molar-refractivity contribution in [3.63, 3.8) is 0 Å². The molecule has 2 rings (SSSR count). The molecule has 1 fully saturated rings. The van der Waals surface area contributed by atoms with Crippen molar-refractivity contribution in [1.29, 1.82) is 0 Å². The average Bonchev–Trinajstić information content (AvgIpc) is 2.82. The molecule has 1 aliphatic rings. The zero-order valence-corrected chi connectivity index (χ0v) is 13.9. The molecule has 1 aliphatic carbocycles. The Balaban J connectivity index is 2.32. The predicted molar refractivity (Wildman–Crippen MR) is 88.2 cm³/mol. The Morgan fingerprint density at radius 2 is 1.80 bits per heavy atom. The van der Waals surface area contributed by atoms with Crippen LogP contribution in [-0.2, 0) is 0 Å². The highest BCUT2D eigenvalue weighted by Crippen LogP contribution is 2.41. The van der Waals surface area contributed by atoms with E-state index in [9.17, 15) is 0 Å². The number of rotatable bonds is 5. The molecule has 1 aromatic rings. The Morgan fingerprint density at radius 3 is 2.40 bits per heavy atom. The van der Waals surface area contributed by atoms with Crippen LogP contribution in [0.15, 0.2) is 12.1 Å². The zero-order valence-electron chi connectivity index (χ0n) is 13.9. The molecular formula is C19H31N. The Morgan fingerprint density at radius 1 is 1.10 bits per heavy atom. The quantitative estimate of drug-likeness (QED) is 0.788. The predicted octanol–water partition coefficient (Wildman–Crippen LogP) is 5.09. The highest BCUT2D eigenvalue weighted by atomic mass is 14.9. The third-order valence-electron chi connectivity index (χ3n) is 5.19. The number of nitrogens with one attached hydrogen (secondary N) is 1. The van der Waals surface area contributed by atoms with Gasteiger partial charge in [-0.25, -0.2) is 0 Å². The highest BCUT2D eigenvalue weighted by molar-refractivity contribution is 5.38. The van der Waals surface area contributed by atoms with Crippen LogP contribution < -0.4 is 5.32 Å². The lowest BCUT2D eigenvalue weighted by molar-refractivity contribution is 0.301. The second-order valence-corrected chi connectivity index (χ2v) is 6.80. The van der Waals surface area contributed by atoms with Gasteiger partial charge >= 0.3 is 0 Å². The smallest absolute Gasteiger partial charge is 0.0353 e. The van der Waals surface area contributed by atoms with Gasteiger partial charge in [-0.1, -0.05) is 38.8 Å². The van der Waals surface area contributed by atoms with E-state index in [2.05, 4.69) is 52.1 Å². The molecule has 0 radical (unpaired) electrons. The molecule has 0 heterocycles. The highest BCUT2D eigenvalue weighted by Gasteiger charge is 2.32. The molecule has 1 aromatic carbocycles. The number of aryl methyl sites for hydroxylation is 3. The van der Waals surface area contributed by atoms with Crippen molar-refractivity contribution in [1.82, 2.24) is 5.32 Å². The van der Waals surface area contributed by atoms with Gasteiger partial charge in [0, 0.05) is 6.04 Å². The maximum absolute atomic E-state index is 3.85.